The zero-order valence-electron chi connectivity index (χ0n) is 49.0. The van der Waals surface area contributed by atoms with Crippen LogP contribution >= 0.6 is 45.3 Å². The number of carbonyl (C=O) groups excluding carboxylic acids is 3. The fourth-order valence-corrected chi connectivity index (χ4v) is 17.6. The van der Waals surface area contributed by atoms with Gasteiger partial charge in [0.05, 0.1) is 11.1 Å². The van der Waals surface area contributed by atoms with Crippen LogP contribution in [0.4, 0.5) is 0 Å². The maximum atomic E-state index is 16.0. The van der Waals surface area contributed by atoms with Crippen molar-refractivity contribution in [2.24, 2.45) is 0 Å². The van der Waals surface area contributed by atoms with E-state index in [9.17, 15) is 9.59 Å². The number of amides is 2. The second kappa shape index (κ2) is 28.6. The fraction of sp³-hybridized carbons (Fsp3) is 0.580. The quantitative estimate of drug-likeness (QED) is 0.0299. The van der Waals surface area contributed by atoms with E-state index >= 15 is 4.79 Å². The first-order valence-corrected chi connectivity index (χ1v) is 34.2. The number of ketones is 1. The number of aryl methyl sites for hydroxylation is 4. The van der Waals surface area contributed by atoms with E-state index in [1.54, 1.807) is 22.7 Å². The number of unbranched alkanes of at least 4 members (excludes halogenated alkanes) is 26. The first-order chi connectivity index (χ1) is 37.4. The first-order valence-electron chi connectivity index (χ1n) is 30.9. The number of imide groups is 1. The molecule has 2 aromatic carbocycles. The summed E-state index contributed by atoms with van der Waals surface area (Å²) < 4.78 is 2.51. The summed E-state index contributed by atoms with van der Waals surface area (Å²) in [4.78, 5) is 52.3. The van der Waals surface area contributed by atoms with Crippen molar-refractivity contribution in [1.82, 2.24) is 4.90 Å². The van der Waals surface area contributed by atoms with Crippen LogP contribution in [0.1, 0.15) is 273 Å². The molecule has 0 atom stereocenters. The summed E-state index contributed by atoms with van der Waals surface area (Å²) in [7, 11) is 0. The van der Waals surface area contributed by atoms with Crippen LogP contribution in [-0.4, -0.2) is 29.0 Å². The van der Waals surface area contributed by atoms with Crippen molar-refractivity contribution in [3.63, 3.8) is 0 Å². The van der Waals surface area contributed by atoms with Gasteiger partial charge >= 0.3 is 0 Å². The number of rotatable bonds is 34. The van der Waals surface area contributed by atoms with Crippen molar-refractivity contribution < 1.29 is 14.4 Å². The third kappa shape index (κ3) is 13.4. The number of Topliss-reactive ketones (excluding diaryl/α,β-unsaturated/α-hetero) is 1. The lowest BCUT2D eigenvalue weighted by atomic mass is 9.94. The normalized spacial score (nSPS) is 13.6. The summed E-state index contributed by atoms with van der Waals surface area (Å²) in [5.41, 5.74) is 8.94. The molecule has 4 nitrogen and oxygen atoms in total. The Kier molecular flexibility index (Phi) is 22.1. The average molecular weight is 1110 g/mol. The van der Waals surface area contributed by atoms with Gasteiger partial charge in [-0.15, -0.1) is 45.3 Å². The van der Waals surface area contributed by atoms with Crippen molar-refractivity contribution in [3.8, 4) is 10.4 Å². The smallest absolute Gasteiger partial charge is 0.262 e. The van der Waals surface area contributed by atoms with Crippen molar-refractivity contribution in [3.05, 3.63) is 98.0 Å². The van der Waals surface area contributed by atoms with E-state index < -0.39 is 0 Å². The van der Waals surface area contributed by atoms with Gasteiger partial charge in [-0.05, 0) is 114 Å². The van der Waals surface area contributed by atoms with Gasteiger partial charge < -0.3 is 0 Å². The van der Waals surface area contributed by atoms with Gasteiger partial charge in [-0.2, -0.15) is 0 Å². The summed E-state index contributed by atoms with van der Waals surface area (Å²) in [5, 5.41) is 4.88. The lowest BCUT2D eigenvalue weighted by Gasteiger charge is -2.10. The SMILES string of the molecule is CCCCCCCCCCCCCCCCc1cc2c(s1)c1c(c3sc(CCCCCCCCCCCCCCCC)cc32)=C(c2sc(-c3ccc(C)c4c3C(=O)N(CC)C4=O)c(C)c2C)C(=O)C=1c1sc(C)c(C)c1C. The molecule has 77 heavy (non-hydrogen) atoms. The molecule has 0 radical (unpaired) electrons. The molecule has 2 aliphatic rings. The third-order valence-electron chi connectivity index (χ3n) is 17.5. The minimum absolute atomic E-state index is 0.121. The van der Waals surface area contributed by atoms with Crippen molar-refractivity contribution in [2.75, 3.05) is 6.54 Å². The van der Waals surface area contributed by atoms with Crippen molar-refractivity contribution >= 4 is 94.3 Å². The lowest BCUT2D eigenvalue weighted by Crippen LogP contribution is -2.29. The summed E-state index contributed by atoms with van der Waals surface area (Å²) >= 11 is 7.30. The molecule has 6 aromatic rings. The Labute approximate surface area is 480 Å². The number of fused-ring (bicyclic) bond motifs is 7. The fourth-order valence-electron chi connectivity index (χ4n) is 12.5. The largest absolute Gasteiger partial charge is 0.288 e. The second-order valence-corrected chi connectivity index (χ2v) is 27.7. The Bertz CT molecular complexity index is 3150. The van der Waals surface area contributed by atoms with Crippen LogP contribution in [-0.2, 0) is 17.6 Å². The van der Waals surface area contributed by atoms with Gasteiger partial charge in [-0.25, -0.2) is 0 Å². The molecule has 0 unspecified atom stereocenters. The summed E-state index contributed by atoms with van der Waals surface area (Å²) in [5.74, 6) is -0.313. The van der Waals surface area contributed by atoms with Gasteiger partial charge in [0.25, 0.3) is 11.8 Å². The third-order valence-corrected chi connectivity index (χ3v) is 22.7. The predicted octanol–water partition coefficient (Wildman–Crippen LogP) is 20.4. The van der Waals surface area contributed by atoms with E-state index in [-0.39, 0.29) is 17.6 Å². The molecule has 8 heteroatoms. The molecule has 0 saturated heterocycles. The van der Waals surface area contributed by atoms with Crippen molar-refractivity contribution in [2.45, 2.75) is 255 Å². The van der Waals surface area contributed by atoms with Gasteiger partial charge in [0.15, 0.2) is 5.78 Å². The molecule has 0 spiro atoms. The number of thiophene rings is 4. The summed E-state index contributed by atoms with van der Waals surface area (Å²) in [6.45, 7) is 19.7. The standard InChI is InChI=1S/C69H93NO3S4/c1-10-13-15-17-19-21-23-25-27-29-31-33-35-37-39-51-43-54-55-44-52(40-38-36-34-32-30-28-26-24-22-20-18-16-14-11-2)76-67(55)59-58(66(54)75-51)60(64-47(6)46(5)50(9)74-64)62(71)61(59)65-49(8)48(7)63(77-65)53-42-41-45(4)56-57(53)69(73)70(12-3)68(56)72/h41-44H,10-40H2,1-9H3. The topological polar surface area (TPSA) is 54.5 Å². The Balaban J connectivity index is 1.12. The van der Waals surface area contributed by atoms with Crippen LogP contribution in [0.3, 0.4) is 0 Å². The molecule has 2 amide bonds. The first kappa shape index (κ1) is 59.4. The van der Waals surface area contributed by atoms with Crippen LogP contribution in [0, 0.1) is 41.5 Å². The minimum atomic E-state index is -0.223. The zero-order valence-corrected chi connectivity index (χ0v) is 52.3. The van der Waals surface area contributed by atoms with Crippen LogP contribution in [0.15, 0.2) is 24.3 Å². The molecule has 0 saturated carbocycles. The predicted molar refractivity (Wildman–Crippen MR) is 338 cm³/mol. The number of nitrogens with zero attached hydrogens (tertiary/aromatic N) is 1. The molecule has 0 bridgehead atoms. The van der Waals surface area contributed by atoms with Crippen LogP contribution in [0.25, 0.3) is 41.8 Å². The highest BCUT2D eigenvalue weighted by Crippen LogP contribution is 2.46. The van der Waals surface area contributed by atoms with E-state index in [0.29, 0.717) is 17.7 Å². The molecule has 5 heterocycles. The average Bonchev–Trinajstić information content (AvgIpc) is 4.44. The molecule has 1 aliphatic heterocycles. The Morgan fingerprint density at radius 3 is 1.18 bits per heavy atom. The Morgan fingerprint density at radius 1 is 0.403 bits per heavy atom. The van der Waals surface area contributed by atoms with Gasteiger partial charge in [0.2, 0.25) is 0 Å². The van der Waals surface area contributed by atoms with E-state index in [1.165, 1.54) is 231 Å². The van der Waals surface area contributed by atoms with Gasteiger partial charge in [0.1, 0.15) is 0 Å². The minimum Gasteiger partial charge on any atom is -0.288 e. The van der Waals surface area contributed by atoms with E-state index in [2.05, 4.69) is 60.6 Å². The van der Waals surface area contributed by atoms with Crippen molar-refractivity contribution in [1.29, 1.82) is 0 Å². The van der Waals surface area contributed by atoms with Crippen LogP contribution < -0.4 is 10.4 Å². The van der Waals surface area contributed by atoms with E-state index in [1.807, 2.05) is 48.7 Å². The van der Waals surface area contributed by atoms with E-state index in [4.69, 9.17) is 0 Å². The van der Waals surface area contributed by atoms with Gasteiger partial charge in [-0.3, -0.25) is 19.3 Å². The Hall–Kier alpha value is -3.69. The molecular weight excluding hydrogens is 1020 g/mol. The molecule has 1 aliphatic carbocycles. The summed E-state index contributed by atoms with van der Waals surface area (Å²) in [6, 6.07) is 9.04. The van der Waals surface area contributed by atoms with Crippen LogP contribution in [0.5, 0.6) is 0 Å². The van der Waals surface area contributed by atoms with Gasteiger partial charge in [0, 0.05) is 83.1 Å². The number of carbonyl (C=O) groups is 3. The summed E-state index contributed by atoms with van der Waals surface area (Å²) in [6.07, 6.45) is 40.1. The second-order valence-electron chi connectivity index (χ2n) is 23.2. The maximum absolute atomic E-state index is 16.0. The molecule has 8 rings (SSSR count). The molecule has 4 aromatic heterocycles. The monoisotopic (exact) mass is 1110 g/mol. The molecule has 416 valence electrons. The van der Waals surface area contributed by atoms with Gasteiger partial charge in [-0.1, -0.05) is 193 Å². The highest BCUT2D eigenvalue weighted by atomic mass is 32.1. The van der Waals surface area contributed by atoms with Crippen LogP contribution in [0.2, 0.25) is 0 Å². The number of hydrogen-bond acceptors (Lipinski definition) is 7. The lowest BCUT2D eigenvalue weighted by molar-refractivity contribution is -0.108. The zero-order chi connectivity index (χ0) is 54.6. The molecular formula is C69H93NO3S4. The highest BCUT2D eigenvalue weighted by molar-refractivity contribution is 7.21. The van der Waals surface area contributed by atoms with E-state index in [0.717, 1.165) is 71.3 Å². The Morgan fingerprint density at radius 2 is 0.779 bits per heavy atom. The molecule has 0 fully saturated rings. The highest BCUT2D eigenvalue weighted by Gasteiger charge is 2.40. The maximum Gasteiger partial charge on any atom is 0.262 e. The number of benzene rings is 2. The molecule has 0 N–H and O–H groups in total. The number of hydrogen-bond donors (Lipinski definition) is 0.